The number of nitrogens with zero attached hydrogens (tertiary/aromatic N) is 2. The minimum absolute atomic E-state index is 0.0732. The van der Waals surface area contributed by atoms with Gasteiger partial charge in [0.25, 0.3) is 0 Å². The molecule has 0 aromatic carbocycles. The van der Waals surface area contributed by atoms with E-state index in [1.807, 2.05) is 12.3 Å². The van der Waals surface area contributed by atoms with E-state index in [9.17, 15) is 4.79 Å². The number of pyridine rings is 1. The van der Waals surface area contributed by atoms with Crippen LogP contribution in [0.5, 0.6) is 0 Å². The van der Waals surface area contributed by atoms with E-state index in [1.165, 1.54) is 0 Å². The van der Waals surface area contributed by atoms with E-state index in [0.29, 0.717) is 13.0 Å². The van der Waals surface area contributed by atoms with Crippen LogP contribution >= 0.6 is 0 Å². The van der Waals surface area contributed by atoms with Crippen molar-refractivity contribution in [3.8, 4) is 0 Å². The van der Waals surface area contributed by atoms with Gasteiger partial charge in [-0.25, -0.2) is 0 Å². The van der Waals surface area contributed by atoms with E-state index in [4.69, 9.17) is 9.47 Å². The van der Waals surface area contributed by atoms with Crippen LogP contribution in [0.2, 0.25) is 0 Å². The average molecular weight is 333 g/mol. The molecule has 0 bridgehead atoms. The van der Waals surface area contributed by atoms with Crippen molar-refractivity contribution in [2.24, 2.45) is 0 Å². The number of rotatable bonds is 6. The van der Waals surface area contributed by atoms with Gasteiger partial charge in [0, 0.05) is 38.6 Å². The molecular formula is C18H27N3O3. The SMILES string of the molecule is O=C(CC1CCCCO1)NCC(c1cccnc1)N1CCOCC1. The van der Waals surface area contributed by atoms with Gasteiger partial charge in [-0.15, -0.1) is 0 Å². The van der Waals surface area contributed by atoms with Gasteiger partial charge in [-0.3, -0.25) is 14.7 Å². The van der Waals surface area contributed by atoms with Crippen molar-refractivity contribution in [1.29, 1.82) is 0 Å². The normalized spacial score (nSPS) is 23.6. The first-order valence-electron chi connectivity index (χ1n) is 8.93. The maximum Gasteiger partial charge on any atom is 0.222 e. The van der Waals surface area contributed by atoms with Crippen LogP contribution in [0.1, 0.15) is 37.3 Å². The molecule has 1 amide bonds. The minimum atomic E-state index is 0.0732. The predicted molar refractivity (Wildman–Crippen MR) is 90.6 cm³/mol. The molecule has 2 unspecified atom stereocenters. The second kappa shape index (κ2) is 9.11. The lowest BCUT2D eigenvalue weighted by molar-refractivity contribution is -0.125. The molecule has 2 atom stereocenters. The van der Waals surface area contributed by atoms with E-state index in [2.05, 4.69) is 21.3 Å². The Morgan fingerprint density at radius 3 is 2.92 bits per heavy atom. The summed E-state index contributed by atoms with van der Waals surface area (Å²) in [5.74, 6) is 0.0732. The van der Waals surface area contributed by atoms with E-state index in [0.717, 1.165) is 57.7 Å². The fraction of sp³-hybridized carbons (Fsp3) is 0.667. The third kappa shape index (κ3) is 5.00. The molecule has 1 aromatic heterocycles. The first kappa shape index (κ1) is 17.3. The molecule has 2 fully saturated rings. The van der Waals surface area contributed by atoms with E-state index < -0.39 is 0 Å². The van der Waals surface area contributed by atoms with Crippen LogP contribution in [0.3, 0.4) is 0 Å². The van der Waals surface area contributed by atoms with Crippen LogP contribution in [0.15, 0.2) is 24.5 Å². The zero-order valence-corrected chi connectivity index (χ0v) is 14.2. The van der Waals surface area contributed by atoms with E-state index >= 15 is 0 Å². The topological polar surface area (TPSA) is 63.7 Å². The molecule has 1 aromatic rings. The fourth-order valence-electron chi connectivity index (χ4n) is 3.38. The number of hydrogen-bond acceptors (Lipinski definition) is 5. The maximum absolute atomic E-state index is 12.3. The van der Waals surface area contributed by atoms with Gasteiger partial charge < -0.3 is 14.8 Å². The molecule has 1 N–H and O–H groups in total. The Bertz CT molecular complexity index is 499. The predicted octanol–water partition coefficient (Wildman–Crippen LogP) is 1.53. The average Bonchev–Trinajstić information content (AvgIpc) is 2.64. The number of hydrogen-bond donors (Lipinski definition) is 1. The molecule has 0 saturated carbocycles. The third-order valence-electron chi connectivity index (χ3n) is 4.74. The van der Waals surface area contributed by atoms with Gasteiger partial charge in [0.05, 0.1) is 31.8 Å². The van der Waals surface area contributed by atoms with Crippen LogP contribution in [0, 0.1) is 0 Å². The summed E-state index contributed by atoms with van der Waals surface area (Å²) in [7, 11) is 0. The molecular weight excluding hydrogens is 306 g/mol. The molecule has 3 heterocycles. The second-order valence-electron chi connectivity index (χ2n) is 6.45. The summed E-state index contributed by atoms with van der Waals surface area (Å²) in [6.45, 7) is 4.60. The highest BCUT2D eigenvalue weighted by molar-refractivity contribution is 5.76. The minimum Gasteiger partial charge on any atom is -0.379 e. The van der Waals surface area contributed by atoms with Gasteiger partial charge >= 0.3 is 0 Å². The summed E-state index contributed by atoms with van der Waals surface area (Å²) in [5.41, 5.74) is 1.13. The highest BCUT2D eigenvalue weighted by atomic mass is 16.5. The number of ether oxygens (including phenoxy) is 2. The molecule has 6 heteroatoms. The third-order valence-corrected chi connectivity index (χ3v) is 4.74. The van der Waals surface area contributed by atoms with Gasteiger partial charge in [-0.1, -0.05) is 6.07 Å². The smallest absolute Gasteiger partial charge is 0.222 e. The standard InChI is InChI=1S/C18H27N3O3/c22-18(12-16-5-1-2-9-24-16)20-14-17(15-4-3-6-19-13-15)21-7-10-23-11-8-21/h3-4,6,13,16-17H,1-2,5,7-12,14H2,(H,20,22). The summed E-state index contributed by atoms with van der Waals surface area (Å²) >= 11 is 0. The quantitative estimate of drug-likeness (QED) is 0.855. The van der Waals surface area contributed by atoms with Gasteiger partial charge in [0.1, 0.15) is 0 Å². The Hall–Kier alpha value is -1.50. The lowest BCUT2D eigenvalue weighted by Gasteiger charge is -2.34. The van der Waals surface area contributed by atoms with Gasteiger partial charge in [0.15, 0.2) is 0 Å². The first-order chi connectivity index (χ1) is 11.8. The van der Waals surface area contributed by atoms with Gasteiger partial charge in [-0.2, -0.15) is 0 Å². The largest absolute Gasteiger partial charge is 0.379 e. The highest BCUT2D eigenvalue weighted by Gasteiger charge is 2.24. The Kier molecular flexibility index (Phi) is 6.57. The van der Waals surface area contributed by atoms with Crippen molar-refractivity contribution in [2.45, 2.75) is 37.8 Å². The number of morpholine rings is 1. The maximum atomic E-state index is 12.3. The number of amides is 1. The van der Waals surface area contributed by atoms with E-state index in [1.54, 1.807) is 6.20 Å². The second-order valence-corrected chi connectivity index (χ2v) is 6.45. The summed E-state index contributed by atoms with van der Waals surface area (Å²) < 4.78 is 11.1. The Morgan fingerprint density at radius 1 is 1.33 bits per heavy atom. The summed E-state index contributed by atoms with van der Waals surface area (Å²) in [6.07, 6.45) is 7.46. The Morgan fingerprint density at radius 2 is 2.21 bits per heavy atom. The molecule has 24 heavy (non-hydrogen) atoms. The lowest BCUT2D eigenvalue weighted by atomic mass is 10.0. The van der Waals surface area contributed by atoms with Crippen molar-refractivity contribution in [3.05, 3.63) is 30.1 Å². The molecule has 2 aliphatic rings. The Balaban J connectivity index is 1.56. The molecule has 132 valence electrons. The van der Waals surface area contributed by atoms with E-state index in [-0.39, 0.29) is 18.1 Å². The molecule has 0 aliphatic carbocycles. The highest BCUT2D eigenvalue weighted by Crippen LogP contribution is 2.21. The lowest BCUT2D eigenvalue weighted by Crippen LogP contribution is -2.44. The number of aromatic nitrogens is 1. The van der Waals surface area contributed by atoms with Crippen LogP contribution < -0.4 is 5.32 Å². The van der Waals surface area contributed by atoms with Gasteiger partial charge in [-0.05, 0) is 30.9 Å². The summed E-state index contributed by atoms with van der Waals surface area (Å²) in [4.78, 5) is 18.9. The molecule has 6 nitrogen and oxygen atoms in total. The number of carbonyl (C=O) groups is 1. The van der Waals surface area contributed by atoms with Crippen molar-refractivity contribution in [2.75, 3.05) is 39.5 Å². The van der Waals surface area contributed by atoms with Crippen molar-refractivity contribution in [1.82, 2.24) is 15.2 Å². The molecule has 0 radical (unpaired) electrons. The molecule has 2 aliphatic heterocycles. The van der Waals surface area contributed by atoms with Crippen LogP contribution in [-0.2, 0) is 14.3 Å². The van der Waals surface area contributed by atoms with Gasteiger partial charge in [0.2, 0.25) is 5.91 Å². The fourth-order valence-corrected chi connectivity index (χ4v) is 3.38. The van der Waals surface area contributed by atoms with Crippen LogP contribution in [0.25, 0.3) is 0 Å². The summed E-state index contributed by atoms with van der Waals surface area (Å²) in [5, 5.41) is 3.10. The Labute approximate surface area is 143 Å². The van der Waals surface area contributed by atoms with Crippen LogP contribution in [0.4, 0.5) is 0 Å². The molecule has 3 rings (SSSR count). The van der Waals surface area contributed by atoms with Crippen LogP contribution in [-0.4, -0.2) is 61.3 Å². The number of carbonyl (C=O) groups excluding carboxylic acids is 1. The summed E-state index contributed by atoms with van der Waals surface area (Å²) in [6, 6.07) is 4.16. The van der Waals surface area contributed by atoms with Crippen molar-refractivity contribution in [3.63, 3.8) is 0 Å². The number of nitrogens with one attached hydrogen (secondary N) is 1. The zero-order chi connectivity index (χ0) is 16.6. The molecule has 0 spiro atoms. The zero-order valence-electron chi connectivity index (χ0n) is 14.2. The molecule has 2 saturated heterocycles. The monoisotopic (exact) mass is 333 g/mol. The van der Waals surface area contributed by atoms with Crippen molar-refractivity contribution >= 4 is 5.91 Å². The van der Waals surface area contributed by atoms with Crippen molar-refractivity contribution < 1.29 is 14.3 Å². The first-order valence-corrected chi connectivity index (χ1v) is 8.93.